The predicted octanol–water partition coefficient (Wildman–Crippen LogP) is 2.11. The molecule has 2 rings (SSSR count). The van der Waals surface area contributed by atoms with E-state index in [0.29, 0.717) is 6.54 Å². The number of rotatable bonds is 6. The fraction of sp³-hybridized carbons (Fsp3) is 0.647. The molecule has 1 aliphatic heterocycles. The highest BCUT2D eigenvalue weighted by Gasteiger charge is 2.33. The van der Waals surface area contributed by atoms with E-state index in [9.17, 15) is 4.39 Å². The number of halogens is 1. The summed E-state index contributed by atoms with van der Waals surface area (Å²) in [5, 5.41) is 0. The van der Waals surface area contributed by atoms with Crippen LogP contribution < -0.4 is 5.73 Å². The zero-order valence-corrected chi connectivity index (χ0v) is 13.3. The van der Waals surface area contributed by atoms with Crippen LogP contribution >= 0.6 is 0 Å². The molecule has 0 saturated carbocycles. The van der Waals surface area contributed by atoms with Gasteiger partial charge in [0.25, 0.3) is 0 Å². The minimum atomic E-state index is -0.167. The fourth-order valence-electron chi connectivity index (χ4n) is 3.23. The van der Waals surface area contributed by atoms with Crippen molar-refractivity contribution in [2.24, 2.45) is 5.73 Å². The Balaban J connectivity index is 2.01. The Morgan fingerprint density at radius 1 is 1.24 bits per heavy atom. The van der Waals surface area contributed by atoms with Gasteiger partial charge in [-0.15, -0.1) is 0 Å². The average molecular weight is 293 g/mol. The van der Waals surface area contributed by atoms with E-state index in [1.54, 1.807) is 12.1 Å². The highest BCUT2D eigenvalue weighted by Crippen LogP contribution is 2.22. The third-order valence-corrected chi connectivity index (χ3v) is 4.59. The molecule has 1 saturated heterocycles. The Labute approximate surface area is 127 Å². The van der Waals surface area contributed by atoms with Crippen molar-refractivity contribution in [1.29, 1.82) is 0 Å². The minimum Gasteiger partial charge on any atom is -0.329 e. The molecule has 1 aromatic rings. The van der Waals surface area contributed by atoms with Gasteiger partial charge in [-0.3, -0.25) is 4.90 Å². The van der Waals surface area contributed by atoms with Crippen LogP contribution in [0.1, 0.15) is 25.8 Å². The third kappa shape index (κ3) is 4.25. The van der Waals surface area contributed by atoms with Gasteiger partial charge < -0.3 is 10.6 Å². The van der Waals surface area contributed by atoms with E-state index in [2.05, 4.69) is 23.6 Å². The lowest BCUT2D eigenvalue weighted by Gasteiger charge is -2.45. The summed E-state index contributed by atoms with van der Waals surface area (Å²) in [5.74, 6) is -0.167. The van der Waals surface area contributed by atoms with E-state index in [0.717, 1.165) is 38.2 Å². The summed E-state index contributed by atoms with van der Waals surface area (Å²) >= 11 is 0. The molecular formula is C17H28FN3. The molecule has 1 atom stereocenters. The summed E-state index contributed by atoms with van der Waals surface area (Å²) in [6, 6.07) is 6.89. The predicted molar refractivity (Wildman–Crippen MR) is 85.9 cm³/mol. The van der Waals surface area contributed by atoms with Gasteiger partial charge in [0.15, 0.2) is 0 Å². The standard InChI is InChI=1S/C17H28FN3/c1-3-7-20-8-10-21(11-9-20)17(2,14-19)13-15-5-4-6-16(18)12-15/h4-6,12H,3,7-11,13-14,19H2,1-2H3. The van der Waals surface area contributed by atoms with E-state index in [4.69, 9.17) is 5.73 Å². The maximum absolute atomic E-state index is 13.4. The van der Waals surface area contributed by atoms with Crippen LogP contribution in [0.25, 0.3) is 0 Å². The molecule has 118 valence electrons. The van der Waals surface area contributed by atoms with Crippen LogP contribution in [0.2, 0.25) is 0 Å². The van der Waals surface area contributed by atoms with Crippen LogP contribution in [0.3, 0.4) is 0 Å². The molecule has 21 heavy (non-hydrogen) atoms. The minimum absolute atomic E-state index is 0.0912. The second-order valence-electron chi connectivity index (χ2n) is 6.34. The van der Waals surface area contributed by atoms with E-state index in [-0.39, 0.29) is 11.4 Å². The SMILES string of the molecule is CCCN1CCN(C(C)(CN)Cc2cccc(F)c2)CC1. The molecule has 0 radical (unpaired) electrons. The maximum atomic E-state index is 13.4. The van der Waals surface area contributed by atoms with Crippen LogP contribution in [0, 0.1) is 5.82 Å². The Morgan fingerprint density at radius 3 is 2.52 bits per heavy atom. The Bertz CT molecular complexity index is 443. The lowest BCUT2D eigenvalue weighted by atomic mass is 9.90. The van der Waals surface area contributed by atoms with Gasteiger partial charge in [0.2, 0.25) is 0 Å². The first-order valence-corrected chi connectivity index (χ1v) is 7.99. The summed E-state index contributed by atoms with van der Waals surface area (Å²) in [4.78, 5) is 4.99. The number of hydrogen-bond acceptors (Lipinski definition) is 3. The summed E-state index contributed by atoms with van der Waals surface area (Å²) < 4.78 is 13.4. The Hall–Kier alpha value is -0.970. The summed E-state index contributed by atoms with van der Waals surface area (Å²) in [6.45, 7) is 10.5. The van der Waals surface area contributed by atoms with Crippen LogP contribution in [-0.4, -0.2) is 54.6 Å². The van der Waals surface area contributed by atoms with E-state index in [1.165, 1.54) is 19.0 Å². The second-order valence-corrected chi connectivity index (χ2v) is 6.34. The molecule has 1 unspecified atom stereocenters. The molecule has 4 heteroatoms. The molecular weight excluding hydrogens is 265 g/mol. The van der Waals surface area contributed by atoms with Crippen molar-refractivity contribution >= 4 is 0 Å². The van der Waals surface area contributed by atoms with E-state index >= 15 is 0 Å². The lowest BCUT2D eigenvalue weighted by Crippen LogP contribution is -2.59. The number of benzene rings is 1. The Kier molecular flexibility index (Phi) is 5.73. The van der Waals surface area contributed by atoms with Gasteiger partial charge in [-0.1, -0.05) is 19.1 Å². The normalized spacial score (nSPS) is 20.4. The highest BCUT2D eigenvalue weighted by molar-refractivity contribution is 5.19. The molecule has 2 N–H and O–H groups in total. The molecule has 1 aliphatic rings. The molecule has 0 amide bonds. The van der Waals surface area contributed by atoms with Crippen molar-refractivity contribution in [1.82, 2.24) is 9.80 Å². The van der Waals surface area contributed by atoms with Gasteiger partial charge in [0, 0.05) is 38.3 Å². The Morgan fingerprint density at radius 2 is 1.95 bits per heavy atom. The average Bonchev–Trinajstić information content (AvgIpc) is 2.48. The molecule has 3 nitrogen and oxygen atoms in total. The second kappa shape index (κ2) is 7.34. The summed E-state index contributed by atoms with van der Waals surface area (Å²) in [5.41, 5.74) is 7.00. The largest absolute Gasteiger partial charge is 0.329 e. The molecule has 0 aromatic heterocycles. The van der Waals surface area contributed by atoms with Crippen LogP contribution in [0.5, 0.6) is 0 Å². The van der Waals surface area contributed by atoms with Gasteiger partial charge in [-0.05, 0) is 44.0 Å². The highest BCUT2D eigenvalue weighted by atomic mass is 19.1. The maximum Gasteiger partial charge on any atom is 0.123 e. The summed E-state index contributed by atoms with van der Waals surface area (Å²) in [7, 11) is 0. The van der Waals surface area contributed by atoms with Gasteiger partial charge >= 0.3 is 0 Å². The van der Waals surface area contributed by atoms with Crippen LogP contribution in [-0.2, 0) is 6.42 Å². The topological polar surface area (TPSA) is 32.5 Å². The van der Waals surface area contributed by atoms with Gasteiger partial charge in [0.05, 0.1) is 0 Å². The lowest BCUT2D eigenvalue weighted by molar-refractivity contribution is 0.0466. The van der Waals surface area contributed by atoms with Crippen LogP contribution in [0.15, 0.2) is 24.3 Å². The quantitative estimate of drug-likeness (QED) is 0.872. The molecule has 1 aromatic carbocycles. The van der Waals surface area contributed by atoms with Crippen LogP contribution in [0.4, 0.5) is 4.39 Å². The van der Waals surface area contributed by atoms with Crippen molar-refractivity contribution in [3.8, 4) is 0 Å². The zero-order chi connectivity index (χ0) is 15.3. The first-order chi connectivity index (χ1) is 10.1. The van der Waals surface area contributed by atoms with Gasteiger partial charge in [-0.25, -0.2) is 4.39 Å². The van der Waals surface area contributed by atoms with Crippen molar-refractivity contribution in [2.75, 3.05) is 39.3 Å². The van der Waals surface area contributed by atoms with Crippen molar-refractivity contribution in [3.63, 3.8) is 0 Å². The summed E-state index contributed by atoms with van der Waals surface area (Å²) in [6.07, 6.45) is 2.01. The first kappa shape index (κ1) is 16.4. The van der Waals surface area contributed by atoms with Gasteiger partial charge in [-0.2, -0.15) is 0 Å². The number of hydrogen-bond donors (Lipinski definition) is 1. The monoisotopic (exact) mass is 293 g/mol. The van der Waals surface area contributed by atoms with E-state index in [1.807, 2.05) is 6.07 Å². The fourth-order valence-corrected chi connectivity index (χ4v) is 3.23. The molecule has 1 heterocycles. The molecule has 0 aliphatic carbocycles. The number of nitrogens with two attached hydrogens (primary N) is 1. The number of nitrogens with zero attached hydrogens (tertiary/aromatic N) is 2. The smallest absolute Gasteiger partial charge is 0.123 e. The first-order valence-electron chi connectivity index (χ1n) is 7.99. The molecule has 1 fully saturated rings. The van der Waals surface area contributed by atoms with Crippen molar-refractivity contribution in [3.05, 3.63) is 35.6 Å². The third-order valence-electron chi connectivity index (χ3n) is 4.59. The van der Waals surface area contributed by atoms with Gasteiger partial charge in [0.1, 0.15) is 5.82 Å². The zero-order valence-electron chi connectivity index (χ0n) is 13.3. The van der Waals surface area contributed by atoms with Crippen molar-refractivity contribution < 1.29 is 4.39 Å². The van der Waals surface area contributed by atoms with E-state index < -0.39 is 0 Å². The molecule has 0 bridgehead atoms. The van der Waals surface area contributed by atoms with Crippen molar-refractivity contribution in [2.45, 2.75) is 32.2 Å². The number of piperazine rings is 1. The molecule has 0 spiro atoms.